The van der Waals surface area contributed by atoms with Crippen LogP contribution in [-0.2, 0) is 15.6 Å². The lowest BCUT2D eigenvalue weighted by molar-refractivity contribution is -0.146. The van der Waals surface area contributed by atoms with Gasteiger partial charge in [-0.3, -0.25) is 4.21 Å². The van der Waals surface area contributed by atoms with Gasteiger partial charge in [0.15, 0.2) is 0 Å². The van der Waals surface area contributed by atoms with Gasteiger partial charge >= 0.3 is 12.0 Å². The van der Waals surface area contributed by atoms with Crippen molar-refractivity contribution in [2.75, 3.05) is 19.1 Å². The van der Waals surface area contributed by atoms with E-state index in [1.54, 1.807) is 13.2 Å². The lowest BCUT2D eigenvalue weighted by Gasteiger charge is -2.32. The van der Waals surface area contributed by atoms with E-state index in [1.165, 1.54) is 20.9 Å². The zero-order valence-electron chi connectivity index (χ0n) is 11.5. The molecular weight excluding hydrogens is 256 g/mol. The topological polar surface area (TPSA) is 86.7 Å². The molecule has 0 aliphatic rings. The quantitative estimate of drug-likeness (QED) is 0.747. The number of nitrogens with one attached hydrogen (secondary N) is 1. The van der Waals surface area contributed by atoms with E-state index in [4.69, 9.17) is 5.11 Å². The molecule has 2 atom stereocenters. The molecule has 0 aromatic carbocycles. The Kier molecular flexibility index (Phi) is 6.31. The molecule has 0 saturated carbocycles. The minimum atomic E-state index is -1.27. The molecule has 0 aromatic heterocycles. The molecule has 0 heterocycles. The third-order valence-electron chi connectivity index (χ3n) is 2.87. The normalized spacial score (nSPS) is 14.7. The van der Waals surface area contributed by atoms with Gasteiger partial charge in [0, 0.05) is 35.9 Å². The van der Waals surface area contributed by atoms with Crippen molar-refractivity contribution >= 4 is 22.8 Å². The predicted molar refractivity (Wildman–Crippen MR) is 71.0 cm³/mol. The van der Waals surface area contributed by atoms with Crippen LogP contribution in [-0.4, -0.2) is 56.9 Å². The summed E-state index contributed by atoms with van der Waals surface area (Å²) in [6, 6.07) is -0.592. The van der Waals surface area contributed by atoms with Crippen molar-refractivity contribution in [1.29, 1.82) is 0 Å². The van der Waals surface area contributed by atoms with Crippen LogP contribution >= 0.6 is 0 Å². The molecule has 2 N–H and O–H groups in total. The van der Waals surface area contributed by atoms with Gasteiger partial charge in [0.2, 0.25) is 0 Å². The minimum absolute atomic E-state index is 0.145. The number of likely N-dealkylation sites (N-methyl/N-ethyl adjacent to an activating group) is 1. The molecule has 2 unspecified atom stereocenters. The van der Waals surface area contributed by atoms with Crippen LogP contribution in [0.25, 0.3) is 0 Å². The molecule has 0 rings (SSSR count). The van der Waals surface area contributed by atoms with E-state index in [-0.39, 0.29) is 6.04 Å². The Bertz CT molecular complexity index is 344. The third kappa shape index (κ3) is 5.03. The molecule has 0 fully saturated rings. The Morgan fingerprint density at radius 2 is 1.94 bits per heavy atom. The zero-order valence-corrected chi connectivity index (χ0v) is 12.3. The van der Waals surface area contributed by atoms with Crippen LogP contribution in [0.3, 0.4) is 0 Å². The van der Waals surface area contributed by atoms with Crippen molar-refractivity contribution in [3.05, 3.63) is 0 Å². The second kappa shape index (κ2) is 6.72. The van der Waals surface area contributed by atoms with Gasteiger partial charge in [0.1, 0.15) is 5.54 Å². The molecule has 6 nitrogen and oxygen atoms in total. The Morgan fingerprint density at radius 3 is 2.33 bits per heavy atom. The van der Waals surface area contributed by atoms with E-state index >= 15 is 0 Å². The summed E-state index contributed by atoms with van der Waals surface area (Å²) in [5.74, 6) is -0.560. The van der Waals surface area contributed by atoms with Crippen LogP contribution in [0.5, 0.6) is 0 Å². The Hall–Kier alpha value is -1.11. The van der Waals surface area contributed by atoms with Crippen LogP contribution in [0, 0.1) is 0 Å². The molecule has 2 amide bonds. The summed E-state index contributed by atoms with van der Waals surface area (Å²) < 4.78 is 10.9. The van der Waals surface area contributed by atoms with Crippen molar-refractivity contribution in [3.63, 3.8) is 0 Å². The Morgan fingerprint density at radius 1 is 1.44 bits per heavy atom. The summed E-state index contributed by atoms with van der Waals surface area (Å²) in [7, 11) is 0.544. The summed E-state index contributed by atoms with van der Waals surface area (Å²) in [5, 5.41) is 11.7. The number of hydrogen-bond donors (Lipinski definition) is 2. The maximum absolute atomic E-state index is 11.8. The smallest absolute Gasteiger partial charge is 0.329 e. The number of hydrogen-bond acceptors (Lipinski definition) is 3. The predicted octanol–water partition coefficient (Wildman–Crippen LogP) is 0.648. The first-order valence-corrected chi connectivity index (χ1v) is 7.39. The third-order valence-corrected chi connectivity index (χ3v) is 3.69. The number of nitrogens with zero attached hydrogens (tertiary/aromatic N) is 1. The molecule has 7 heteroatoms. The van der Waals surface area contributed by atoms with Crippen LogP contribution < -0.4 is 5.32 Å². The maximum atomic E-state index is 11.8. The standard InChI is InChI=1S/C11H22N2O4S/c1-8(6-7-18(5)17)12-10(16)13(4)11(2,3)9(14)15/h8H,6-7H2,1-5H3,(H,12,16)(H,14,15). The number of carboxylic acids is 1. The molecule has 18 heavy (non-hydrogen) atoms. The highest BCUT2D eigenvalue weighted by atomic mass is 32.2. The number of carbonyl (C=O) groups excluding carboxylic acids is 1. The van der Waals surface area contributed by atoms with Gasteiger partial charge in [-0.05, 0) is 27.2 Å². The lowest BCUT2D eigenvalue weighted by atomic mass is 10.0. The van der Waals surface area contributed by atoms with E-state index in [0.29, 0.717) is 12.2 Å². The molecule has 0 saturated heterocycles. The molecule has 0 radical (unpaired) electrons. The minimum Gasteiger partial charge on any atom is -0.480 e. The molecule has 0 aliphatic carbocycles. The SMILES string of the molecule is CC(CCS(C)=O)NC(=O)N(C)C(C)(C)C(=O)O. The lowest BCUT2D eigenvalue weighted by Crippen LogP contribution is -2.55. The molecule has 0 aromatic rings. The molecule has 0 bridgehead atoms. The molecule has 0 spiro atoms. The van der Waals surface area contributed by atoms with Gasteiger partial charge in [0.05, 0.1) is 0 Å². The fourth-order valence-electron chi connectivity index (χ4n) is 1.12. The Balaban J connectivity index is 4.40. The largest absolute Gasteiger partial charge is 0.480 e. The van der Waals surface area contributed by atoms with E-state index in [2.05, 4.69) is 5.32 Å². The number of carboxylic acid groups (broad SMARTS) is 1. The number of rotatable bonds is 6. The van der Waals surface area contributed by atoms with Crippen LogP contribution in [0.15, 0.2) is 0 Å². The highest BCUT2D eigenvalue weighted by Gasteiger charge is 2.35. The van der Waals surface area contributed by atoms with Gasteiger partial charge in [-0.25, -0.2) is 9.59 Å². The zero-order chi connectivity index (χ0) is 14.5. The first kappa shape index (κ1) is 16.9. The summed E-state index contributed by atoms with van der Waals surface area (Å²) in [6.07, 6.45) is 2.20. The van der Waals surface area contributed by atoms with Crippen LogP contribution in [0.4, 0.5) is 4.79 Å². The van der Waals surface area contributed by atoms with Gasteiger partial charge < -0.3 is 15.3 Å². The van der Waals surface area contributed by atoms with Crippen LogP contribution in [0.1, 0.15) is 27.2 Å². The van der Waals surface area contributed by atoms with E-state index in [0.717, 1.165) is 4.90 Å². The number of aliphatic carboxylic acids is 1. The summed E-state index contributed by atoms with van der Waals surface area (Å²) >= 11 is 0. The highest BCUT2D eigenvalue weighted by Crippen LogP contribution is 2.12. The highest BCUT2D eigenvalue weighted by molar-refractivity contribution is 7.84. The molecule has 106 valence electrons. The summed E-state index contributed by atoms with van der Waals surface area (Å²) in [5.41, 5.74) is -1.27. The molecule has 0 aliphatic heterocycles. The van der Waals surface area contributed by atoms with E-state index in [1.807, 2.05) is 0 Å². The Labute approximate surface area is 110 Å². The number of amides is 2. The van der Waals surface area contributed by atoms with Crippen molar-refractivity contribution < 1.29 is 18.9 Å². The van der Waals surface area contributed by atoms with Gasteiger partial charge in [-0.2, -0.15) is 0 Å². The second-order valence-corrected chi connectivity index (χ2v) is 6.39. The summed E-state index contributed by atoms with van der Waals surface area (Å²) in [4.78, 5) is 24.0. The van der Waals surface area contributed by atoms with Crippen molar-refractivity contribution in [3.8, 4) is 0 Å². The van der Waals surface area contributed by atoms with Gasteiger partial charge in [-0.1, -0.05) is 0 Å². The monoisotopic (exact) mass is 278 g/mol. The maximum Gasteiger partial charge on any atom is 0.329 e. The van der Waals surface area contributed by atoms with E-state index in [9.17, 15) is 13.8 Å². The first-order chi connectivity index (χ1) is 8.09. The second-order valence-electron chi connectivity index (χ2n) is 4.84. The molecular formula is C11H22N2O4S. The van der Waals surface area contributed by atoms with Crippen molar-refractivity contribution in [2.45, 2.75) is 38.8 Å². The van der Waals surface area contributed by atoms with Crippen molar-refractivity contribution in [1.82, 2.24) is 10.2 Å². The fraction of sp³-hybridized carbons (Fsp3) is 0.818. The van der Waals surface area contributed by atoms with Gasteiger partial charge in [0.25, 0.3) is 0 Å². The average Bonchev–Trinajstić information content (AvgIpc) is 2.24. The number of urea groups is 1. The van der Waals surface area contributed by atoms with Crippen LogP contribution in [0.2, 0.25) is 0 Å². The summed E-state index contributed by atoms with van der Waals surface area (Å²) in [6.45, 7) is 4.72. The first-order valence-electron chi connectivity index (χ1n) is 5.66. The number of carbonyl (C=O) groups is 2. The van der Waals surface area contributed by atoms with E-state index < -0.39 is 28.3 Å². The van der Waals surface area contributed by atoms with Gasteiger partial charge in [-0.15, -0.1) is 0 Å². The fourth-order valence-corrected chi connectivity index (χ4v) is 1.81. The van der Waals surface area contributed by atoms with Crippen molar-refractivity contribution in [2.24, 2.45) is 0 Å². The average molecular weight is 278 g/mol.